The number of rotatable bonds is 2. The number of carbonyl (C=O) groups excluding carboxylic acids is 2. The van der Waals surface area contributed by atoms with Gasteiger partial charge in [0.2, 0.25) is 0 Å². The van der Waals surface area contributed by atoms with Crippen LogP contribution in [0.25, 0.3) is 0 Å². The number of piperidine rings is 1. The van der Waals surface area contributed by atoms with Crippen LogP contribution in [0.5, 0.6) is 5.75 Å². The van der Waals surface area contributed by atoms with Crippen molar-refractivity contribution in [3.05, 3.63) is 17.2 Å². The van der Waals surface area contributed by atoms with Crippen molar-refractivity contribution in [1.82, 2.24) is 9.80 Å². The predicted molar refractivity (Wildman–Crippen MR) is 106 cm³/mol. The average Bonchev–Trinajstić information content (AvgIpc) is 2.69. The fourth-order valence-electron chi connectivity index (χ4n) is 4.00. The summed E-state index contributed by atoms with van der Waals surface area (Å²) in [4.78, 5) is 28.4. The van der Waals surface area contributed by atoms with Gasteiger partial charge in [-0.05, 0) is 25.8 Å². The van der Waals surface area contributed by atoms with Crippen molar-refractivity contribution in [2.45, 2.75) is 31.9 Å². The van der Waals surface area contributed by atoms with Crippen LogP contribution in [-0.2, 0) is 9.53 Å². The zero-order valence-corrected chi connectivity index (χ0v) is 16.6. The molecule has 0 aliphatic carbocycles. The molecule has 0 saturated carbocycles. The third-order valence-electron chi connectivity index (χ3n) is 5.48. The second-order valence-electron chi connectivity index (χ2n) is 7.49. The molecule has 152 valence electrons. The highest BCUT2D eigenvalue weighted by molar-refractivity contribution is 6.34. The number of ether oxygens (including phenoxy) is 2. The Morgan fingerprint density at radius 1 is 1.29 bits per heavy atom. The number of anilines is 2. The van der Waals surface area contributed by atoms with Crippen molar-refractivity contribution < 1.29 is 19.1 Å². The molecule has 4 rings (SSSR count). The second-order valence-corrected chi connectivity index (χ2v) is 7.90. The van der Waals surface area contributed by atoms with E-state index in [1.54, 1.807) is 12.1 Å². The summed E-state index contributed by atoms with van der Waals surface area (Å²) in [6, 6.07) is 3.57. The molecule has 2 N–H and O–H groups in total. The van der Waals surface area contributed by atoms with Crippen molar-refractivity contribution in [2.24, 2.45) is 0 Å². The highest BCUT2D eigenvalue weighted by atomic mass is 35.5. The van der Waals surface area contributed by atoms with Crippen LogP contribution in [0.1, 0.15) is 19.8 Å². The van der Waals surface area contributed by atoms with Gasteiger partial charge >= 0.3 is 6.03 Å². The van der Waals surface area contributed by atoms with E-state index in [2.05, 4.69) is 22.5 Å². The summed E-state index contributed by atoms with van der Waals surface area (Å²) in [7, 11) is 0. The van der Waals surface area contributed by atoms with E-state index in [4.69, 9.17) is 21.1 Å². The Bertz CT molecular complexity index is 767. The molecule has 2 saturated heterocycles. The molecule has 1 aromatic rings. The number of halogens is 1. The predicted octanol–water partition coefficient (Wildman–Crippen LogP) is 2.39. The van der Waals surface area contributed by atoms with Gasteiger partial charge in [0.15, 0.2) is 6.61 Å². The minimum Gasteiger partial charge on any atom is -0.482 e. The summed E-state index contributed by atoms with van der Waals surface area (Å²) >= 11 is 6.27. The first-order valence-electron chi connectivity index (χ1n) is 9.67. The maximum Gasteiger partial charge on any atom is 0.321 e. The van der Waals surface area contributed by atoms with Crippen LogP contribution in [0.2, 0.25) is 5.02 Å². The van der Waals surface area contributed by atoms with E-state index in [1.165, 1.54) is 0 Å². The molecular formula is C19H25ClN4O4. The third kappa shape index (κ3) is 4.19. The molecule has 0 unspecified atom stereocenters. The van der Waals surface area contributed by atoms with Gasteiger partial charge in [0.05, 0.1) is 29.1 Å². The summed E-state index contributed by atoms with van der Waals surface area (Å²) in [5, 5.41) is 5.93. The van der Waals surface area contributed by atoms with E-state index in [-0.39, 0.29) is 24.6 Å². The Morgan fingerprint density at radius 3 is 2.82 bits per heavy atom. The number of hydrogen-bond acceptors (Lipinski definition) is 5. The Morgan fingerprint density at radius 2 is 2.07 bits per heavy atom. The molecule has 1 aromatic carbocycles. The molecule has 3 amide bonds. The van der Waals surface area contributed by atoms with Crippen LogP contribution in [-0.4, -0.2) is 73.3 Å². The van der Waals surface area contributed by atoms with Crippen molar-refractivity contribution >= 4 is 34.9 Å². The van der Waals surface area contributed by atoms with E-state index in [1.807, 2.05) is 4.90 Å². The lowest BCUT2D eigenvalue weighted by Crippen LogP contribution is -2.52. The summed E-state index contributed by atoms with van der Waals surface area (Å²) in [6.07, 6.45) is 2.17. The van der Waals surface area contributed by atoms with Crippen molar-refractivity contribution in [3.8, 4) is 5.75 Å². The highest BCUT2D eigenvalue weighted by Crippen LogP contribution is 2.36. The van der Waals surface area contributed by atoms with Crippen LogP contribution in [0.4, 0.5) is 16.2 Å². The minimum absolute atomic E-state index is 0.0459. The molecule has 3 aliphatic rings. The van der Waals surface area contributed by atoms with Crippen LogP contribution < -0.4 is 15.4 Å². The van der Waals surface area contributed by atoms with Gasteiger partial charge in [0.25, 0.3) is 5.91 Å². The minimum atomic E-state index is -0.224. The number of benzene rings is 1. The molecule has 0 aromatic heterocycles. The normalized spacial score (nSPS) is 23.6. The lowest BCUT2D eigenvalue weighted by atomic mass is 10.0. The molecule has 3 heterocycles. The first kappa shape index (κ1) is 19.3. The van der Waals surface area contributed by atoms with E-state index < -0.39 is 0 Å². The van der Waals surface area contributed by atoms with Crippen molar-refractivity contribution in [2.75, 3.05) is 50.0 Å². The van der Waals surface area contributed by atoms with Gasteiger partial charge in [0.1, 0.15) is 5.75 Å². The second kappa shape index (κ2) is 8.14. The lowest BCUT2D eigenvalue weighted by molar-refractivity contribution is -0.118. The Hall–Kier alpha value is -2.03. The van der Waals surface area contributed by atoms with Gasteiger partial charge in [0, 0.05) is 38.3 Å². The molecule has 1 atom stereocenters. The number of nitrogens with one attached hydrogen (secondary N) is 2. The van der Waals surface area contributed by atoms with Gasteiger partial charge in [-0.2, -0.15) is 0 Å². The van der Waals surface area contributed by atoms with Crippen LogP contribution >= 0.6 is 11.6 Å². The molecular weight excluding hydrogens is 384 g/mol. The Balaban J connectivity index is 1.34. The number of fused-ring (bicyclic) bond motifs is 1. The molecule has 0 bridgehead atoms. The summed E-state index contributed by atoms with van der Waals surface area (Å²) < 4.78 is 11.0. The van der Waals surface area contributed by atoms with Crippen LogP contribution in [0.15, 0.2) is 12.1 Å². The smallest absolute Gasteiger partial charge is 0.321 e. The number of nitrogens with zero attached hydrogens (tertiary/aromatic N) is 2. The van der Waals surface area contributed by atoms with E-state index in [0.717, 1.165) is 32.5 Å². The lowest BCUT2D eigenvalue weighted by Gasteiger charge is -2.41. The quantitative estimate of drug-likeness (QED) is 0.785. The summed E-state index contributed by atoms with van der Waals surface area (Å²) in [5.41, 5.74) is 0.991. The maximum absolute atomic E-state index is 12.7. The van der Waals surface area contributed by atoms with Crippen molar-refractivity contribution in [1.29, 1.82) is 0 Å². The highest BCUT2D eigenvalue weighted by Gasteiger charge is 2.30. The van der Waals surface area contributed by atoms with Crippen molar-refractivity contribution in [3.63, 3.8) is 0 Å². The van der Waals surface area contributed by atoms with E-state index >= 15 is 0 Å². The van der Waals surface area contributed by atoms with Gasteiger partial charge < -0.3 is 25.0 Å². The molecule has 3 aliphatic heterocycles. The van der Waals surface area contributed by atoms with Gasteiger partial charge in [-0.3, -0.25) is 9.69 Å². The monoisotopic (exact) mass is 408 g/mol. The first-order valence-corrected chi connectivity index (χ1v) is 10.0. The van der Waals surface area contributed by atoms with Gasteiger partial charge in [-0.25, -0.2) is 4.79 Å². The standard InChI is InChI=1S/C19H25ClN4O4/c1-12-10-24(6-7-27-12)13-2-4-23(5-3-13)19(26)22-15-9-17-16(8-14(15)20)21-18(25)11-28-17/h8-9,12-13H,2-7,10-11H2,1H3,(H,21,25)(H,22,26)/t12-/m0/s1. The Labute approximate surface area is 169 Å². The fraction of sp³-hybridized carbons (Fsp3) is 0.579. The van der Waals surface area contributed by atoms with Gasteiger partial charge in [-0.1, -0.05) is 11.6 Å². The van der Waals surface area contributed by atoms with Crippen LogP contribution in [0.3, 0.4) is 0 Å². The fourth-order valence-corrected chi connectivity index (χ4v) is 4.21. The number of amides is 3. The van der Waals surface area contributed by atoms with Crippen LogP contribution in [0, 0.1) is 0 Å². The van der Waals surface area contributed by atoms with E-state index in [0.29, 0.717) is 41.3 Å². The molecule has 0 radical (unpaired) electrons. The zero-order chi connectivity index (χ0) is 19.7. The summed E-state index contributed by atoms with van der Waals surface area (Å²) in [5.74, 6) is 0.275. The van der Waals surface area contributed by atoms with E-state index in [9.17, 15) is 9.59 Å². The zero-order valence-electron chi connectivity index (χ0n) is 15.9. The molecule has 2 fully saturated rings. The maximum atomic E-state index is 12.7. The SMILES string of the molecule is C[C@H]1CN(C2CCN(C(=O)Nc3cc4c(cc3Cl)NC(=O)CO4)CC2)CCO1. The molecule has 9 heteroatoms. The number of hydrogen-bond donors (Lipinski definition) is 2. The topological polar surface area (TPSA) is 83.1 Å². The van der Waals surface area contributed by atoms with Gasteiger partial charge in [-0.15, -0.1) is 0 Å². The molecule has 8 nitrogen and oxygen atoms in total. The largest absolute Gasteiger partial charge is 0.482 e. The first-order chi connectivity index (χ1) is 13.5. The number of carbonyl (C=O) groups is 2. The number of likely N-dealkylation sites (tertiary alicyclic amines) is 1. The average molecular weight is 409 g/mol. The molecule has 28 heavy (non-hydrogen) atoms. The Kier molecular flexibility index (Phi) is 5.61. The third-order valence-corrected chi connectivity index (χ3v) is 5.80. The number of morpholine rings is 1. The summed E-state index contributed by atoms with van der Waals surface area (Å²) in [6.45, 7) is 6.17. The molecule has 0 spiro atoms. The number of urea groups is 1.